The minimum absolute atomic E-state index is 0.277. The van der Waals surface area contributed by atoms with Gasteiger partial charge in [0, 0.05) is 30.1 Å². The summed E-state index contributed by atoms with van der Waals surface area (Å²) in [5.41, 5.74) is 8.27. The first-order chi connectivity index (χ1) is 10.3. The van der Waals surface area contributed by atoms with E-state index in [1.54, 1.807) is 17.2 Å². The fraction of sp³-hybridized carbons (Fsp3) is 0.133. The van der Waals surface area contributed by atoms with E-state index in [-0.39, 0.29) is 6.01 Å². The van der Waals surface area contributed by atoms with E-state index in [1.165, 1.54) is 0 Å². The molecule has 0 bridgehead atoms. The van der Waals surface area contributed by atoms with Crippen LogP contribution < -0.4 is 10.5 Å². The Morgan fingerprint density at radius 3 is 2.76 bits per heavy atom. The number of hydrogen-bond donors (Lipinski definition) is 1. The van der Waals surface area contributed by atoms with Crippen molar-refractivity contribution < 1.29 is 4.74 Å². The Morgan fingerprint density at radius 1 is 1.19 bits per heavy atom. The molecule has 1 aromatic carbocycles. The van der Waals surface area contributed by atoms with E-state index in [0.29, 0.717) is 12.3 Å². The van der Waals surface area contributed by atoms with Gasteiger partial charge in [0.2, 0.25) is 0 Å². The molecule has 2 aromatic heterocycles. The van der Waals surface area contributed by atoms with Gasteiger partial charge < -0.3 is 10.5 Å². The standard InChI is InChI=1S/C15H15N5O/c1-11-7-14(12(8-16)9-17-11)21-15-18-10-20(19-15)13-5-3-2-4-6-13/h2-7,9-10H,8,16H2,1H3. The Morgan fingerprint density at radius 2 is 2.00 bits per heavy atom. The number of nitrogens with two attached hydrogens (primary N) is 1. The second kappa shape index (κ2) is 5.72. The van der Waals surface area contributed by atoms with E-state index >= 15 is 0 Å². The van der Waals surface area contributed by atoms with Crippen LogP contribution in [0.2, 0.25) is 0 Å². The molecule has 3 aromatic rings. The first kappa shape index (κ1) is 13.3. The Kier molecular flexibility index (Phi) is 3.61. The van der Waals surface area contributed by atoms with Crippen LogP contribution in [0, 0.1) is 6.92 Å². The summed E-state index contributed by atoms with van der Waals surface area (Å²) in [5, 5.41) is 4.30. The molecular formula is C15H15N5O. The first-order valence-electron chi connectivity index (χ1n) is 6.57. The molecule has 21 heavy (non-hydrogen) atoms. The van der Waals surface area contributed by atoms with Crippen molar-refractivity contribution in [2.45, 2.75) is 13.5 Å². The van der Waals surface area contributed by atoms with E-state index in [0.717, 1.165) is 16.9 Å². The topological polar surface area (TPSA) is 78.8 Å². The van der Waals surface area contributed by atoms with Crippen LogP contribution in [0.1, 0.15) is 11.3 Å². The van der Waals surface area contributed by atoms with Crippen molar-refractivity contribution in [3.8, 4) is 17.4 Å². The fourth-order valence-electron chi connectivity index (χ4n) is 1.91. The largest absolute Gasteiger partial charge is 0.423 e. The number of nitrogens with zero attached hydrogens (tertiary/aromatic N) is 4. The minimum Gasteiger partial charge on any atom is -0.423 e. The Hall–Kier alpha value is -2.73. The molecule has 3 rings (SSSR count). The maximum absolute atomic E-state index is 5.72. The van der Waals surface area contributed by atoms with E-state index in [1.807, 2.05) is 43.3 Å². The Balaban J connectivity index is 1.87. The molecule has 2 heterocycles. The van der Waals surface area contributed by atoms with Gasteiger partial charge in [-0.25, -0.2) is 4.68 Å². The predicted molar refractivity (Wildman–Crippen MR) is 78.3 cm³/mol. The Bertz CT molecular complexity index is 739. The van der Waals surface area contributed by atoms with Gasteiger partial charge in [-0.3, -0.25) is 4.98 Å². The summed E-state index contributed by atoms with van der Waals surface area (Å²) in [4.78, 5) is 8.36. The monoisotopic (exact) mass is 281 g/mol. The number of pyridine rings is 1. The van der Waals surface area contributed by atoms with Crippen LogP contribution in [0.3, 0.4) is 0 Å². The third kappa shape index (κ3) is 2.90. The quantitative estimate of drug-likeness (QED) is 0.793. The highest BCUT2D eigenvalue weighted by Crippen LogP contribution is 2.23. The summed E-state index contributed by atoms with van der Waals surface area (Å²) in [6.07, 6.45) is 3.32. The molecule has 0 saturated heterocycles. The summed E-state index contributed by atoms with van der Waals surface area (Å²) in [7, 11) is 0. The maximum Gasteiger partial charge on any atom is 0.341 e. The van der Waals surface area contributed by atoms with E-state index in [2.05, 4.69) is 15.1 Å². The van der Waals surface area contributed by atoms with E-state index < -0.39 is 0 Å². The van der Waals surface area contributed by atoms with Gasteiger partial charge >= 0.3 is 6.01 Å². The SMILES string of the molecule is Cc1cc(Oc2ncn(-c3ccccc3)n2)c(CN)cn1. The number of para-hydroxylation sites is 1. The van der Waals surface area contributed by atoms with Crippen LogP contribution >= 0.6 is 0 Å². The second-order valence-corrected chi connectivity index (χ2v) is 4.55. The molecule has 0 radical (unpaired) electrons. The van der Waals surface area contributed by atoms with Gasteiger partial charge in [0.15, 0.2) is 0 Å². The van der Waals surface area contributed by atoms with E-state index in [4.69, 9.17) is 10.5 Å². The summed E-state index contributed by atoms with van der Waals surface area (Å²) in [5.74, 6) is 0.635. The van der Waals surface area contributed by atoms with Gasteiger partial charge in [-0.15, -0.1) is 5.10 Å². The number of aryl methyl sites for hydroxylation is 1. The van der Waals surface area contributed by atoms with Crippen LogP contribution in [0.4, 0.5) is 0 Å². The van der Waals surface area contributed by atoms with Gasteiger partial charge in [0.25, 0.3) is 0 Å². The molecule has 2 N–H and O–H groups in total. The fourth-order valence-corrected chi connectivity index (χ4v) is 1.91. The van der Waals surface area contributed by atoms with Crippen molar-refractivity contribution >= 4 is 0 Å². The number of rotatable bonds is 4. The van der Waals surface area contributed by atoms with Gasteiger partial charge in [-0.2, -0.15) is 4.98 Å². The van der Waals surface area contributed by atoms with E-state index in [9.17, 15) is 0 Å². The summed E-state index contributed by atoms with van der Waals surface area (Å²) in [6, 6.07) is 11.8. The molecule has 0 spiro atoms. The molecule has 0 fully saturated rings. The van der Waals surface area contributed by atoms with Crippen molar-refractivity contribution in [3.63, 3.8) is 0 Å². The molecule has 106 valence electrons. The Labute approximate surface area is 122 Å². The number of benzene rings is 1. The normalized spacial score (nSPS) is 10.6. The molecule has 6 heteroatoms. The lowest BCUT2D eigenvalue weighted by Gasteiger charge is -2.07. The highest BCUT2D eigenvalue weighted by molar-refractivity contribution is 5.35. The molecule has 6 nitrogen and oxygen atoms in total. The smallest absolute Gasteiger partial charge is 0.341 e. The number of aromatic nitrogens is 4. The number of ether oxygens (including phenoxy) is 1. The van der Waals surface area contributed by atoms with Gasteiger partial charge in [0.1, 0.15) is 12.1 Å². The zero-order chi connectivity index (χ0) is 14.7. The lowest BCUT2D eigenvalue weighted by Crippen LogP contribution is -2.02. The summed E-state index contributed by atoms with van der Waals surface area (Å²) in [6.45, 7) is 2.24. The van der Waals surface area contributed by atoms with Crippen LogP contribution in [0.15, 0.2) is 48.9 Å². The zero-order valence-corrected chi connectivity index (χ0v) is 11.6. The van der Waals surface area contributed by atoms with Crippen LogP contribution in [-0.4, -0.2) is 19.7 Å². The second-order valence-electron chi connectivity index (χ2n) is 4.55. The van der Waals surface area contributed by atoms with Gasteiger partial charge in [-0.1, -0.05) is 18.2 Å². The van der Waals surface area contributed by atoms with Gasteiger partial charge in [0.05, 0.1) is 5.69 Å². The summed E-state index contributed by atoms with van der Waals surface area (Å²) < 4.78 is 7.38. The van der Waals surface area contributed by atoms with Crippen LogP contribution in [-0.2, 0) is 6.54 Å². The molecular weight excluding hydrogens is 266 g/mol. The lowest BCUT2D eigenvalue weighted by molar-refractivity contribution is 0.435. The first-order valence-corrected chi connectivity index (χ1v) is 6.57. The molecule has 0 aliphatic rings. The minimum atomic E-state index is 0.277. The lowest BCUT2D eigenvalue weighted by atomic mass is 10.2. The van der Waals surface area contributed by atoms with Crippen molar-refractivity contribution in [2.24, 2.45) is 5.73 Å². The molecule has 0 aliphatic heterocycles. The van der Waals surface area contributed by atoms with Crippen molar-refractivity contribution in [2.75, 3.05) is 0 Å². The third-order valence-electron chi connectivity index (χ3n) is 2.99. The highest BCUT2D eigenvalue weighted by Gasteiger charge is 2.09. The predicted octanol–water partition coefficient (Wildman–Crippen LogP) is 2.22. The molecule has 0 unspecified atom stereocenters. The molecule has 0 atom stereocenters. The number of hydrogen-bond acceptors (Lipinski definition) is 5. The van der Waals surface area contributed by atoms with Crippen molar-refractivity contribution in [1.82, 2.24) is 19.7 Å². The van der Waals surface area contributed by atoms with Crippen molar-refractivity contribution in [1.29, 1.82) is 0 Å². The maximum atomic E-state index is 5.72. The summed E-state index contributed by atoms with van der Waals surface area (Å²) >= 11 is 0. The molecule has 0 saturated carbocycles. The highest BCUT2D eigenvalue weighted by atomic mass is 16.5. The van der Waals surface area contributed by atoms with Crippen LogP contribution in [0.5, 0.6) is 11.8 Å². The zero-order valence-electron chi connectivity index (χ0n) is 11.6. The third-order valence-corrected chi connectivity index (χ3v) is 2.99. The average Bonchev–Trinajstić information content (AvgIpc) is 2.97. The van der Waals surface area contributed by atoms with Gasteiger partial charge in [-0.05, 0) is 19.1 Å². The molecule has 0 aliphatic carbocycles. The average molecular weight is 281 g/mol. The van der Waals surface area contributed by atoms with Crippen LogP contribution in [0.25, 0.3) is 5.69 Å². The van der Waals surface area contributed by atoms with Crippen molar-refractivity contribution in [3.05, 3.63) is 60.2 Å². The molecule has 0 amide bonds.